The van der Waals surface area contributed by atoms with Gasteiger partial charge in [-0.3, -0.25) is 19.1 Å². The van der Waals surface area contributed by atoms with E-state index in [0.29, 0.717) is 30.2 Å². The van der Waals surface area contributed by atoms with Crippen molar-refractivity contribution >= 4 is 40.9 Å². The van der Waals surface area contributed by atoms with Crippen molar-refractivity contribution in [3.63, 3.8) is 0 Å². The summed E-state index contributed by atoms with van der Waals surface area (Å²) < 4.78 is 1.51. The number of nitrogens with zero attached hydrogens (tertiary/aromatic N) is 4. The van der Waals surface area contributed by atoms with Gasteiger partial charge in [0.25, 0.3) is 17.7 Å². The lowest BCUT2D eigenvalue weighted by molar-refractivity contribution is -0.132. The largest absolute Gasteiger partial charge is 0.351 e. The average Bonchev–Trinajstić information content (AvgIpc) is 3.20. The molecule has 9 nitrogen and oxygen atoms in total. The Morgan fingerprint density at radius 1 is 1.09 bits per heavy atom. The van der Waals surface area contributed by atoms with E-state index in [0.717, 1.165) is 5.69 Å². The van der Waals surface area contributed by atoms with E-state index in [-0.39, 0.29) is 35.0 Å². The van der Waals surface area contributed by atoms with Gasteiger partial charge in [-0.15, -0.1) is 0 Å². The number of nitrogens with two attached hydrogens (primary N) is 1. The zero-order chi connectivity index (χ0) is 25.2. The monoisotopic (exact) mass is 508 g/mol. The summed E-state index contributed by atoms with van der Waals surface area (Å²) in [5.74, 6) is -1.29. The summed E-state index contributed by atoms with van der Waals surface area (Å²) in [5.41, 5.74) is 6.66. The maximum atomic E-state index is 13.6. The smallest absolute Gasteiger partial charge is 0.274 e. The summed E-state index contributed by atoms with van der Waals surface area (Å²) in [6, 6.07) is 6.26. The molecule has 1 aromatic heterocycles. The molecule has 1 unspecified atom stereocenters. The number of benzene rings is 1. The van der Waals surface area contributed by atoms with Gasteiger partial charge >= 0.3 is 0 Å². The lowest BCUT2D eigenvalue weighted by Gasteiger charge is -2.42. The van der Waals surface area contributed by atoms with Gasteiger partial charge in [-0.2, -0.15) is 5.10 Å². The molecular weight excluding hydrogens is 479 g/mol. The number of aromatic nitrogens is 2. The van der Waals surface area contributed by atoms with Crippen molar-refractivity contribution in [3.8, 4) is 0 Å². The molecule has 0 bridgehead atoms. The summed E-state index contributed by atoms with van der Waals surface area (Å²) in [6.45, 7) is 7.06. The number of aryl methyl sites for hydroxylation is 1. The maximum absolute atomic E-state index is 13.6. The van der Waals surface area contributed by atoms with Gasteiger partial charge in [0.1, 0.15) is 5.69 Å². The first-order chi connectivity index (χ1) is 16.0. The molecule has 0 spiro atoms. The molecule has 11 heteroatoms. The van der Waals surface area contributed by atoms with Crippen molar-refractivity contribution in [1.29, 1.82) is 0 Å². The Hall–Kier alpha value is -2.62. The van der Waals surface area contributed by atoms with Crippen LogP contribution in [0.15, 0.2) is 24.3 Å². The molecule has 3 rings (SSSR count). The summed E-state index contributed by atoms with van der Waals surface area (Å²) in [7, 11) is 1.69. The van der Waals surface area contributed by atoms with Gasteiger partial charge in [0.15, 0.2) is 6.17 Å². The molecule has 1 aromatic carbocycles. The third-order valence-electron chi connectivity index (χ3n) is 5.62. The number of amides is 3. The molecule has 1 aliphatic heterocycles. The number of hydrogen-bond acceptors (Lipinski definition) is 5. The Balaban J connectivity index is 1.99. The topological polar surface area (TPSA) is 114 Å². The van der Waals surface area contributed by atoms with Crippen LogP contribution in [-0.4, -0.2) is 69.6 Å². The molecule has 3 N–H and O–H groups in total. The van der Waals surface area contributed by atoms with Crippen LogP contribution in [0.25, 0.3) is 0 Å². The fourth-order valence-corrected chi connectivity index (χ4v) is 4.09. The molecule has 1 fully saturated rings. The lowest BCUT2D eigenvalue weighted by Crippen LogP contribution is -2.63. The molecule has 184 valence electrons. The van der Waals surface area contributed by atoms with Gasteiger partial charge in [0.05, 0.1) is 15.7 Å². The normalized spacial score (nSPS) is 16.5. The van der Waals surface area contributed by atoms with E-state index in [9.17, 15) is 14.4 Å². The number of carbonyl (C=O) groups is 3. The summed E-state index contributed by atoms with van der Waals surface area (Å²) in [4.78, 5) is 43.0. The van der Waals surface area contributed by atoms with Gasteiger partial charge in [-0.05, 0) is 30.7 Å². The summed E-state index contributed by atoms with van der Waals surface area (Å²) >= 11 is 12.1. The van der Waals surface area contributed by atoms with Gasteiger partial charge in [0.2, 0.25) is 0 Å². The highest BCUT2D eigenvalue weighted by Crippen LogP contribution is 2.27. The molecule has 2 heterocycles. The van der Waals surface area contributed by atoms with Crippen LogP contribution in [0.3, 0.4) is 0 Å². The minimum atomic E-state index is -1.15. The van der Waals surface area contributed by atoms with E-state index in [1.165, 1.54) is 26.6 Å². The second-order valence-corrected chi connectivity index (χ2v) is 10.0. The maximum Gasteiger partial charge on any atom is 0.274 e. The third kappa shape index (κ3) is 5.37. The fraction of sp³-hybridized carbons (Fsp3) is 0.478. The van der Waals surface area contributed by atoms with E-state index >= 15 is 0 Å². The van der Waals surface area contributed by atoms with Crippen LogP contribution in [0.2, 0.25) is 10.0 Å². The lowest BCUT2D eigenvalue weighted by atomic mass is 9.92. The van der Waals surface area contributed by atoms with Crippen molar-refractivity contribution in [2.24, 2.45) is 12.8 Å². The van der Waals surface area contributed by atoms with E-state index < -0.39 is 18.0 Å². The van der Waals surface area contributed by atoms with Gasteiger partial charge in [-0.25, -0.2) is 0 Å². The predicted molar refractivity (Wildman–Crippen MR) is 131 cm³/mol. The van der Waals surface area contributed by atoms with Crippen LogP contribution in [0.1, 0.15) is 53.7 Å². The number of hydrogen-bond donors (Lipinski definition) is 2. The molecule has 0 saturated carbocycles. The first kappa shape index (κ1) is 26.0. The van der Waals surface area contributed by atoms with Crippen molar-refractivity contribution in [3.05, 3.63) is 51.3 Å². The Morgan fingerprint density at radius 3 is 2.29 bits per heavy atom. The Morgan fingerprint density at radius 2 is 1.74 bits per heavy atom. The zero-order valence-electron chi connectivity index (χ0n) is 19.8. The second kappa shape index (κ2) is 10.3. The molecule has 0 radical (unpaired) electrons. The summed E-state index contributed by atoms with van der Waals surface area (Å²) in [5, 5.41) is 7.74. The second-order valence-electron chi connectivity index (χ2n) is 9.22. The van der Waals surface area contributed by atoms with Gasteiger partial charge < -0.3 is 20.9 Å². The molecular formula is C23H30Cl2N6O3. The highest BCUT2D eigenvalue weighted by atomic mass is 35.5. The van der Waals surface area contributed by atoms with Crippen molar-refractivity contribution < 1.29 is 14.4 Å². The molecule has 1 saturated heterocycles. The Bertz CT molecular complexity index is 1090. The van der Waals surface area contributed by atoms with Crippen LogP contribution in [0.4, 0.5) is 0 Å². The fourth-order valence-electron chi connectivity index (χ4n) is 3.80. The van der Waals surface area contributed by atoms with E-state index in [4.69, 9.17) is 28.9 Å². The number of rotatable bonds is 5. The quantitative estimate of drug-likeness (QED) is 0.643. The van der Waals surface area contributed by atoms with E-state index in [1.807, 2.05) is 20.8 Å². The van der Waals surface area contributed by atoms with Crippen molar-refractivity contribution in [2.75, 3.05) is 26.2 Å². The Kier molecular flexibility index (Phi) is 7.90. The van der Waals surface area contributed by atoms with Gasteiger partial charge in [0, 0.05) is 44.2 Å². The predicted octanol–water partition coefficient (Wildman–Crippen LogP) is 2.41. The zero-order valence-corrected chi connectivity index (χ0v) is 21.3. The minimum Gasteiger partial charge on any atom is -0.351 e. The van der Waals surface area contributed by atoms with Crippen LogP contribution in [0, 0.1) is 0 Å². The standard InChI is InChI=1S/C23H30Cl2N6O3/c1-23(2,3)18-13-17(29(4)28-18)22(34)31-11-5-10-30(20(31)19(32)27-9-8-26)21(33)14-6-7-15(24)16(25)12-14/h6-7,12-13,20H,5,8-11,26H2,1-4H3,(H,27,32). The molecule has 34 heavy (non-hydrogen) atoms. The van der Waals surface area contributed by atoms with E-state index in [2.05, 4.69) is 10.4 Å². The highest BCUT2D eigenvalue weighted by Gasteiger charge is 2.41. The SMILES string of the molecule is Cn1nc(C(C)(C)C)cc1C(=O)N1CCCN(C(=O)c2ccc(Cl)c(Cl)c2)C1C(=O)NCCN. The number of carbonyl (C=O) groups excluding carboxylic acids is 3. The van der Waals surface area contributed by atoms with Crippen LogP contribution < -0.4 is 11.1 Å². The van der Waals surface area contributed by atoms with Crippen molar-refractivity contribution in [1.82, 2.24) is 24.9 Å². The first-order valence-corrected chi connectivity index (χ1v) is 11.8. The molecule has 1 aliphatic rings. The van der Waals surface area contributed by atoms with Gasteiger partial charge in [-0.1, -0.05) is 44.0 Å². The number of nitrogens with one attached hydrogen (secondary N) is 1. The Labute approximate surface area is 209 Å². The molecule has 2 aromatic rings. The average molecular weight is 509 g/mol. The van der Waals surface area contributed by atoms with Crippen LogP contribution in [0.5, 0.6) is 0 Å². The first-order valence-electron chi connectivity index (χ1n) is 11.0. The minimum absolute atomic E-state index is 0.214. The highest BCUT2D eigenvalue weighted by molar-refractivity contribution is 6.42. The summed E-state index contributed by atoms with van der Waals surface area (Å²) in [6.07, 6.45) is -0.647. The van der Waals surface area contributed by atoms with E-state index in [1.54, 1.807) is 19.2 Å². The van der Waals surface area contributed by atoms with Crippen LogP contribution >= 0.6 is 23.2 Å². The third-order valence-corrected chi connectivity index (χ3v) is 6.36. The van der Waals surface area contributed by atoms with Crippen LogP contribution in [-0.2, 0) is 17.3 Å². The number of halogens is 2. The molecule has 0 aliphatic carbocycles. The molecule has 3 amide bonds. The molecule has 1 atom stereocenters. The van der Waals surface area contributed by atoms with Crippen molar-refractivity contribution in [2.45, 2.75) is 38.8 Å².